The van der Waals surface area contributed by atoms with Gasteiger partial charge in [-0.2, -0.15) is 9.98 Å². The van der Waals surface area contributed by atoms with Crippen LogP contribution in [0.25, 0.3) is 0 Å². The summed E-state index contributed by atoms with van der Waals surface area (Å²) in [5.74, 6) is -1.45. The number of carboxylic acid groups (broad SMARTS) is 1. The number of rotatable bonds is 4. The largest absolute Gasteiger partial charge is 0.550 e. The Morgan fingerprint density at radius 1 is 1.36 bits per heavy atom. The quantitative estimate of drug-likeness (QED) is 0.350. The molecule has 6 nitrogen and oxygen atoms in total. The van der Waals surface area contributed by atoms with Gasteiger partial charge < -0.3 is 9.90 Å². The van der Waals surface area contributed by atoms with Crippen LogP contribution in [-0.2, 0) is 14.4 Å². The molecule has 0 saturated carbocycles. The van der Waals surface area contributed by atoms with Crippen molar-refractivity contribution in [2.24, 2.45) is 9.98 Å². The first-order valence-corrected chi connectivity index (χ1v) is 2.54. The van der Waals surface area contributed by atoms with E-state index in [1.165, 1.54) is 0 Å². The maximum Gasteiger partial charge on any atom is 0.237 e. The molecule has 0 spiro atoms. The van der Waals surface area contributed by atoms with E-state index in [0.29, 0.717) is 0 Å². The predicted octanol–water partition coefficient (Wildman–Crippen LogP) is -1.88. The third-order valence-corrected chi connectivity index (χ3v) is 0.753. The van der Waals surface area contributed by atoms with Crippen LogP contribution in [0.1, 0.15) is 6.42 Å². The van der Waals surface area contributed by atoms with E-state index in [0.717, 1.165) is 12.2 Å². The van der Waals surface area contributed by atoms with E-state index in [4.69, 9.17) is 0 Å². The lowest BCUT2D eigenvalue weighted by Crippen LogP contribution is -2.25. The number of hydrogen-bond acceptors (Lipinski definition) is 6. The normalized spacial score (nSPS) is 10.5. The molecule has 0 amide bonds. The van der Waals surface area contributed by atoms with Crippen molar-refractivity contribution in [1.82, 2.24) is 0 Å². The van der Waals surface area contributed by atoms with Gasteiger partial charge in [-0.25, -0.2) is 9.59 Å². The standard InChI is InChI=1S/C5H4N2O4/c8-2-6-4(7-3-9)1-5(10)11/h4H,1H2,(H,10,11)/p-1. The topological polar surface area (TPSA) is 99.0 Å². The van der Waals surface area contributed by atoms with E-state index in [1.807, 2.05) is 0 Å². The van der Waals surface area contributed by atoms with Gasteiger partial charge in [0.05, 0.1) is 0 Å². The zero-order valence-electron chi connectivity index (χ0n) is 5.31. The summed E-state index contributed by atoms with van der Waals surface area (Å²) in [6.45, 7) is 0. The Morgan fingerprint density at radius 2 is 1.82 bits per heavy atom. The SMILES string of the molecule is O=C=NC(CC(=O)[O-])N=C=O. The number of carbonyl (C=O) groups is 1. The van der Waals surface area contributed by atoms with Crippen molar-refractivity contribution >= 4 is 18.1 Å². The Balaban J connectivity index is 4.21. The summed E-state index contributed by atoms with van der Waals surface area (Å²) in [6, 6.07) is 0. The Kier molecular flexibility index (Phi) is 4.24. The molecule has 0 aliphatic heterocycles. The molecule has 0 radical (unpaired) electrons. The summed E-state index contributed by atoms with van der Waals surface area (Å²) < 4.78 is 0. The summed E-state index contributed by atoms with van der Waals surface area (Å²) in [7, 11) is 0. The first-order chi connectivity index (χ1) is 5.20. The summed E-state index contributed by atoms with van der Waals surface area (Å²) in [5, 5.41) is 9.87. The summed E-state index contributed by atoms with van der Waals surface area (Å²) >= 11 is 0. The van der Waals surface area contributed by atoms with E-state index in [-0.39, 0.29) is 0 Å². The number of aliphatic carboxylic acids is 1. The fraction of sp³-hybridized carbons (Fsp3) is 0.400. The molecule has 0 aromatic carbocycles. The molecule has 0 saturated heterocycles. The van der Waals surface area contributed by atoms with Gasteiger partial charge >= 0.3 is 0 Å². The first kappa shape index (κ1) is 9.23. The van der Waals surface area contributed by atoms with Crippen molar-refractivity contribution in [2.45, 2.75) is 12.6 Å². The smallest absolute Gasteiger partial charge is 0.237 e. The second-order valence-electron chi connectivity index (χ2n) is 1.50. The van der Waals surface area contributed by atoms with Gasteiger partial charge in [-0.3, -0.25) is 0 Å². The molecule has 0 aliphatic carbocycles. The predicted molar refractivity (Wildman–Crippen MR) is 29.7 cm³/mol. The number of carbonyl (C=O) groups excluding carboxylic acids is 3. The second-order valence-corrected chi connectivity index (χ2v) is 1.50. The maximum atomic E-state index is 9.87. The molecule has 0 unspecified atom stereocenters. The highest BCUT2D eigenvalue weighted by atomic mass is 16.4. The van der Waals surface area contributed by atoms with Gasteiger partial charge in [-0.05, 0) is 0 Å². The van der Waals surface area contributed by atoms with Crippen LogP contribution in [0.4, 0.5) is 0 Å². The number of aliphatic imine (C=N–C) groups is 2. The van der Waals surface area contributed by atoms with Crippen LogP contribution in [0.5, 0.6) is 0 Å². The molecule has 0 bridgehead atoms. The van der Waals surface area contributed by atoms with Crippen molar-refractivity contribution in [3.8, 4) is 0 Å². The Hall–Kier alpha value is -1.77. The van der Waals surface area contributed by atoms with Gasteiger partial charge in [0.1, 0.15) is 0 Å². The monoisotopic (exact) mass is 155 g/mol. The molecule has 58 valence electrons. The van der Waals surface area contributed by atoms with E-state index in [9.17, 15) is 19.5 Å². The molecule has 0 atom stereocenters. The number of carboxylic acids is 1. The van der Waals surface area contributed by atoms with Gasteiger partial charge in [0.15, 0.2) is 6.17 Å². The van der Waals surface area contributed by atoms with Crippen LogP contribution < -0.4 is 5.11 Å². The van der Waals surface area contributed by atoms with E-state index >= 15 is 0 Å². The van der Waals surface area contributed by atoms with E-state index in [2.05, 4.69) is 9.98 Å². The fourth-order valence-electron chi connectivity index (χ4n) is 0.391. The molecule has 0 aliphatic rings. The van der Waals surface area contributed by atoms with Crippen molar-refractivity contribution in [1.29, 1.82) is 0 Å². The fourth-order valence-corrected chi connectivity index (χ4v) is 0.391. The molecular formula is C5H3N2O4-. The minimum absolute atomic E-state index is 0.621. The third-order valence-electron chi connectivity index (χ3n) is 0.753. The Morgan fingerprint density at radius 3 is 2.09 bits per heavy atom. The van der Waals surface area contributed by atoms with Crippen LogP contribution >= 0.6 is 0 Å². The minimum Gasteiger partial charge on any atom is -0.550 e. The summed E-state index contributed by atoms with van der Waals surface area (Å²) in [6.07, 6.45) is 0.263. The molecule has 0 fully saturated rings. The summed E-state index contributed by atoms with van der Waals surface area (Å²) in [4.78, 5) is 34.8. The van der Waals surface area contributed by atoms with Crippen molar-refractivity contribution in [2.75, 3.05) is 0 Å². The van der Waals surface area contributed by atoms with Crippen LogP contribution in [0, 0.1) is 0 Å². The molecule has 0 rings (SSSR count). The highest BCUT2D eigenvalue weighted by Gasteiger charge is 2.03. The van der Waals surface area contributed by atoms with Crippen LogP contribution in [0.2, 0.25) is 0 Å². The molecule has 6 heteroatoms. The van der Waals surface area contributed by atoms with Gasteiger partial charge in [-0.1, -0.05) is 0 Å². The van der Waals surface area contributed by atoms with Gasteiger partial charge in [-0.15, -0.1) is 0 Å². The number of nitrogens with zero attached hydrogens (tertiary/aromatic N) is 2. The van der Waals surface area contributed by atoms with Crippen LogP contribution in [0.3, 0.4) is 0 Å². The van der Waals surface area contributed by atoms with Crippen molar-refractivity contribution < 1.29 is 19.5 Å². The first-order valence-electron chi connectivity index (χ1n) is 2.54. The molecule has 0 heterocycles. The Bertz CT molecular complexity index is 219. The molecule has 11 heavy (non-hydrogen) atoms. The molecule has 0 N–H and O–H groups in total. The average molecular weight is 155 g/mol. The van der Waals surface area contributed by atoms with Gasteiger partial charge in [0.2, 0.25) is 12.2 Å². The van der Waals surface area contributed by atoms with Crippen molar-refractivity contribution in [3.05, 3.63) is 0 Å². The van der Waals surface area contributed by atoms with Crippen molar-refractivity contribution in [3.63, 3.8) is 0 Å². The molecular weight excluding hydrogens is 152 g/mol. The zero-order chi connectivity index (χ0) is 8.69. The van der Waals surface area contributed by atoms with Gasteiger partial charge in [0.25, 0.3) is 0 Å². The highest BCUT2D eigenvalue weighted by Crippen LogP contribution is 1.95. The van der Waals surface area contributed by atoms with E-state index in [1.54, 1.807) is 0 Å². The highest BCUT2D eigenvalue weighted by molar-refractivity contribution is 5.65. The zero-order valence-corrected chi connectivity index (χ0v) is 5.31. The third kappa shape index (κ3) is 4.72. The number of hydrogen-bond donors (Lipinski definition) is 0. The lowest BCUT2D eigenvalue weighted by Gasteiger charge is -2.01. The van der Waals surface area contributed by atoms with E-state index < -0.39 is 18.6 Å². The average Bonchev–Trinajstić information content (AvgIpc) is 1.87. The summed E-state index contributed by atoms with van der Waals surface area (Å²) in [5.41, 5.74) is 0. The number of isocyanates is 2. The lowest BCUT2D eigenvalue weighted by atomic mass is 10.4. The Labute approximate surface area is 61.3 Å². The second kappa shape index (κ2) is 5.05. The van der Waals surface area contributed by atoms with Crippen LogP contribution in [0.15, 0.2) is 9.98 Å². The lowest BCUT2D eigenvalue weighted by molar-refractivity contribution is -0.306. The molecule has 0 aromatic rings. The van der Waals surface area contributed by atoms with Crippen LogP contribution in [-0.4, -0.2) is 24.3 Å². The van der Waals surface area contributed by atoms with Gasteiger partial charge in [0, 0.05) is 12.4 Å². The molecule has 0 aromatic heterocycles. The minimum atomic E-state index is -1.45. The maximum absolute atomic E-state index is 9.87.